The van der Waals surface area contributed by atoms with E-state index in [1.54, 1.807) is 0 Å². The predicted molar refractivity (Wildman–Crippen MR) is 69.4 cm³/mol. The van der Waals surface area contributed by atoms with Crippen LogP contribution in [-0.4, -0.2) is 41.1 Å². The van der Waals surface area contributed by atoms with Crippen LogP contribution in [0.1, 0.15) is 46.5 Å². The second kappa shape index (κ2) is 5.59. The van der Waals surface area contributed by atoms with Crippen LogP contribution in [0.2, 0.25) is 0 Å². The van der Waals surface area contributed by atoms with Gasteiger partial charge in [0, 0.05) is 13.1 Å². The maximum Gasteiger partial charge on any atom is 0.326 e. The van der Waals surface area contributed by atoms with Crippen molar-refractivity contribution in [1.82, 2.24) is 10.2 Å². The van der Waals surface area contributed by atoms with E-state index in [0.717, 1.165) is 25.7 Å². The Kier molecular flexibility index (Phi) is 4.59. The molecule has 1 unspecified atom stereocenters. The summed E-state index contributed by atoms with van der Waals surface area (Å²) < 4.78 is 0. The molecule has 5 heteroatoms. The lowest BCUT2D eigenvalue weighted by Gasteiger charge is -2.35. The van der Waals surface area contributed by atoms with Gasteiger partial charge in [-0.25, -0.2) is 9.59 Å². The Bertz CT molecular complexity index is 318. The summed E-state index contributed by atoms with van der Waals surface area (Å²) in [5, 5.41) is 11.8. The van der Waals surface area contributed by atoms with Crippen LogP contribution in [-0.2, 0) is 4.79 Å². The second-order valence-corrected chi connectivity index (χ2v) is 6.01. The lowest BCUT2D eigenvalue weighted by atomic mass is 9.75. The molecule has 18 heavy (non-hydrogen) atoms. The van der Waals surface area contributed by atoms with Gasteiger partial charge in [-0.2, -0.15) is 0 Å². The minimum atomic E-state index is -0.988. The number of amides is 2. The van der Waals surface area contributed by atoms with E-state index in [-0.39, 0.29) is 12.1 Å². The summed E-state index contributed by atoms with van der Waals surface area (Å²) >= 11 is 0. The van der Waals surface area contributed by atoms with E-state index < -0.39 is 12.0 Å². The lowest BCUT2D eigenvalue weighted by Crippen LogP contribution is -2.49. The van der Waals surface area contributed by atoms with Gasteiger partial charge in [0.15, 0.2) is 0 Å². The van der Waals surface area contributed by atoms with E-state index in [4.69, 9.17) is 5.11 Å². The molecule has 1 saturated carbocycles. The van der Waals surface area contributed by atoms with E-state index in [1.165, 1.54) is 18.9 Å². The zero-order valence-corrected chi connectivity index (χ0v) is 11.7. The molecule has 1 atom stereocenters. The molecule has 1 fully saturated rings. The molecule has 5 nitrogen and oxygen atoms in total. The Balaban J connectivity index is 2.44. The summed E-state index contributed by atoms with van der Waals surface area (Å²) in [4.78, 5) is 23.9. The third-order valence-electron chi connectivity index (χ3n) is 3.93. The molecule has 104 valence electrons. The van der Waals surface area contributed by atoms with Gasteiger partial charge in [0.1, 0.15) is 6.04 Å². The first-order chi connectivity index (χ1) is 8.23. The summed E-state index contributed by atoms with van der Waals surface area (Å²) in [7, 11) is 1.51. The highest BCUT2D eigenvalue weighted by molar-refractivity contribution is 5.82. The zero-order chi connectivity index (χ0) is 13.9. The summed E-state index contributed by atoms with van der Waals surface area (Å²) in [6.45, 7) is 5.99. The molecule has 0 spiro atoms. The highest BCUT2D eigenvalue weighted by Crippen LogP contribution is 2.34. The second-order valence-electron chi connectivity index (χ2n) is 6.01. The summed E-state index contributed by atoms with van der Waals surface area (Å²) in [5.41, 5.74) is 0.363. The van der Waals surface area contributed by atoms with Gasteiger partial charge < -0.3 is 15.3 Å². The number of nitrogens with zero attached hydrogens (tertiary/aromatic N) is 1. The third kappa shape index (κ3) is 3.89. The number of nitrogens with one attached hydrogen (secondary N) is 1. The van der Waals surface area contributed by atoms with Gasteiger partial charge in [0.25, 0.3) is 0 Å². The number of hydrogen-bond acceptors (Lipinski definition) is 2. The predicted octanol–water partition coefficient (Wildman–Crippen LogP) is 2.07. The molecule has 0 aromatic rings. The molecule has 1 rings (SSSR count). The molecule has 0 aromatic heterocycles. The smallest absolute Gasteiger partial charge is 0.326 e. The molecule has 2 N–H and O–H groups in total. The number of carboxylic acids is 1. The first kappa shape index (κ1) is 14.8. The Morgan fingerprint density at radius 1 is 1.33 bits per heavy atom. The van der Waals surface area contributed by atoms with Crippen LogP contribution in [0.4, 0.5) is 4.79 Å². The monoisotopic (exact) mass is 256 g/mol. The standard InChI is InChI=1S/C13H24N2O3/c1-9(11(16)17)15(4)12(18)14-10-5-7-13(2,3)8-6-10/h9-10H,5-8H2,1-4H3,(H,14,18)(H,16,17). The van der Waals surface area contributed by atoms with Gasteiger partial charge in [-0.3, -0.25) is 0 Å². The summed E-state index contributed by atoms with van der Waals surface area (Å²) in [6.07, 6.45) is 4.12. The SMILES string of the molecule is CC(C(=O)O)N(C)C(=O)NC1CCC(C)(C)CC1. The molecule has 0 aliphatic heterocycles. The topological polar surface area (TPSA) is 69.6 Å². The molecule has 2 amide bonds. The van der Waals surface area contributed by atoms with E-state index in [2.05, 4.69) is 19.2 Å². The maximum atomic E-state index is 11.9. The average Bonchev–Trinajstić information content (AvgIpc) is 2.29. The normalized spacial score (nSPS) is 21.1. The number of rotatable bonds is 3. The van der Waals surface area contributed by atoms with E-state index in [1.807, 2.05) is 0 Å². The van der Waals surface area contributed by atoms with E-state index in [9.17, 15) is 9.59 Å². The Hall–Kier alpha value is -1.26. The summed E-state index contributed by atoms with van der Waals surface area (Å²) in [5.74, 6) is -0.988. The minimum Gasteiger partial charge on any atom is -0.480 e. The number of aliphatic carboxylic acids is 1. The van der Waals surface area contributed by atoms with Gasteiger partial charge in [-0.1, -0.05) is 13.8 Å². The van der Waals surface area contributed by atoms with Crippen molar-refractivity contribution in [2.45, 2.75) is 58.5 Å². The molecule has 1 aliphatic rings. The zero-order valence-electron chi connectivity index (χ0n) is 11.7. The summed E-state index contributed by atoms with van der Waals surface area (Å²) in [6, 6.07) is -0.923. The number of urea groups is 1. The molecule has 0 bridgehead atoms. The molecular formula is C13H24N2O3. The Labute approximate surface area is 109 Å². The van der Waals surface area contributed by atoms with Crippen LogP contribution in [0.3, 0.4) is 0 Å². The number of carbonyl (C=O) groups is 2. The highest BCUT2D eigenvalue weighted by atomic mass is 16.4. The largest absolute Gasteiger partial charge is 0.480 e. The lowest BCUT2D eigenvalue weighted by molar-refractivity contribution is -0.141. The van der Waals surface area contributed by atoms with Crippen LogP contribution >= 0.6 is 0 Å². The van der Waals surface area contributed by atoms with Gasteiger partial charge >= 0.3 is 12.0 Å². The Morgan fingerprint density at radius 2 is 1.83 bits per heavy atom. The number of likely N-dealkylation sites (N-methyl/N-ethyl adjacent to an activating group) is 1. The van der Waals surface area contributed by atoms with Crippen LogP contribution in [0, 0.1) is 5.41 Å². The van der Waals surface area contributed by atoms with Crippen molar-refractivity contribution >= 4 is 12.0 Å². The first-order valence-corrected chi connectivity index (χ1v) is 6.49. The van der Waals surface area contributed by atoms with E-state index in [0.29, 0.717) is 5.41 Å². The number of carboxylic acid groups (broad SMARTS) is 1. The minimum absolute atomic E-state index is 0.175. The van der Waals surface area contributed by atoms with Crippen molar-refractivity contribution in [3.63, 3.8) is 0 Å². The first-order valence-electron chi connectivity index (χ1n) is 6.49. The van der Waals surface area contributed by atoms with Crippen LogP contribution in [0.15, 0.2) is 0 Å². The van der Waals surface area contributed by atoms with Crippen molar-refractivity contribution in [3.05, 3.63) is 0 Å². The fourth-order valence-electron chi connectivity index (χ4n) is 2.16. The highest BCUT2D eigenvalue weighted by Gasteiger charge is 2.29. The molecule has 0 aromatic carbocycles. The number of hydrogen-bond donors (Lipinski definition) is 2. The van der Waals surface area contributed by atoms with Gasteiger partial charge in [-0.05, 0) is 38.0 Å². The van der Waals surface area contributed by atoms with Crippen molar-refractivity contribution in [2.24, 2.45) is 5.41 Å². The van der Waals surface area contributed by atoms with Gasteiger partial charge in [0.2, 0.25) is 0 Å². The van der Waals surface area contributed by atoms with Crippen LogP contribution in [0.5, 0.6) is 0 Å². The molecule has 0 radical (unpaired) electrons. The van der Waals surface area contributed by atoms with Gasteiger partial charge in [0.05, 0.1) is 0 Å². The fourth-order valence-corrected chi connectivity index (χ4v) is 2.16. The van der Waals surface area contributed by atoms with Crippen molar-refractivity contribution in [2.75, 3.05) is 7.05 Å². The van der Waals surface area contributed by atoms with Gasteiger partial charge in [-0.15, -0.1) is 0 Å². The van der Waals surface area contributed by atoms with Crippen molar-refractivity contribution < 1.29 is 14.7 Å². The fraction of sp³-hybridized carbons (Fsp3) is 0.846. The van der Waals surface area contributed by atoms with Crippen molar-refractivity contribution in [1.29, 1.82) is 0 Å². The van der Waals surface area contributed by atoms with E-state index >= 15 is 0 Å². The maximum absolute atomic E-state index is 11.9. The molecular weight excluding hydrogens is 232 g/mol. The average molecular weight is 256 g/mol. The number of carbonyl (C=O) groups excluding carboxylic acids is 1. The molecule has 0 heterocycles. The molecule has 1 aliphatic carbocycles. The van der Waals surface area contributed by atoms with Crippen molar-refractivity contribution in [3.8, 4) is 0 Å². The van der Waals surface area contributed by atoms with Crippen LogP contribution in [0.25, 0.3) is 0 Å². The molecule has 0 saturated heterocycles. The Morgan fingerprint density at radius 3 is 2.28 bits per heavy atom. The quantitative estimate of drug-likeness (QED) is 0.812. The third-order valence-corrected chi connectivity index (χ3v) is 3.93. The van der Waals surface area contributed by atoms with Crippen LogP contribution < -0.4 is 5.32 Å².